The molecule has 0 saturated heterocycles. The quantitative estimate of drug-likeness (QED) is 0.288. The van der Waals surface area contributed by atoms with Crippen molar-refractivity contribution in [3.63, 3.8) is 0 Å². The van der Waals surface area contributed by atoms with Gasteiger partial charge in [-0.05, 0) is 12.2 Å². The van der Waals surface area contributed by atoms with E-state index < -0.39 is 15.1 Å². The molecule has 0 bridgehead atoms. The van der Waals surface area contributed by atoms with Crippen molar-refractivity contribution >= 4 is 22.3 Å². The number of aromatic nitrogens is 2. The second-order valence-corrected chi connectivity index (χ2v) is 3.32. The molecular formula is C3H3N2NaO3S2. The van der Waals surface area contributed by atoms with Crippen LogP contribution in [-0.4, -0.2) is 22.9 Å². The van der Waals surface area contributed by atoms with Crippen molar-refractivity contribution in [3.05, 3.63) is 11.0 Å². The minimum atomic E-state index is -4.39. The van der Waals surface area contributed by atoms with E-state index in [1.54, 1.807) is 0 Å². The maximum atomic E-state index is 10.2. The van der Waals surface area contributed by atoms with Crippen LogP contribution in [0.15, 0.2) is 11.2 Å². The normalized spacial score (nSPS) is 10.6. The molecule has 8 heteroatoms. The van der Waals surface area contributed by atoms with Crippen molar-refractivity contribution in [1.29, 1.82) is 0 Å². The zero-order chi connectivity index (χ0) is 7.78. The van der Waals surface area contributed by atoms with Gasteiger partial charge in [-0.2, -0.15) is 0 Å². The molecule has 0 atom stereocenters. The molecule has 1 rings (SSSR count). The number of hydrogen-bond acceptors (Lipinski definition) is 4. The minimum Gasteiger partial charge on any atom is -0.743 e. The van der Waals surface area contributed by atoms with Crippen molar-refractivity contribution in [1.82, 2.24) is 9.97 Å². The first-order chi connectivity index (χ1) is 4.50. The molecule has 0 aliphatic heterocycles. The van der Waals surface area contributed by atoms with Crippen LogP contribution in [-0.2, 0) is 10.1 Å². The maximum Gasteiger partial charge on any atom is 1.00 e. The van der Waals surface area contributed by atoms with Gasteiger partial charge in [0.05, 0.1) is 0 Å². The van der Waals surface area contributed by atoms with Crippen LogP contribution >= 0.6 is 12.2 Å². The molecule has 0 saturated carbocycles. The fraction of sp³-hybridized carbons (Fsp3) is 0. The van der Waals surface area contributed by atoms with E-state index in [1.165, 1.54) is 0 Å². The molecule has 5 nitrogen and oxygen atoms in total. The molecule has 0 amide bonds. The second kappa shape index (κ2) is 3.83. The van der Waals surface area contributed by atoms with Gasteiger partial charge in [-0.3, -0.25) is 0 Å². The second-order valence-electron chi connectivity index (χ2n) is 1.56. The molecule has 1 aromatic rings. The smallest absolute Gasteiger partial charge is 0.743 e. The Labute approximate surface area is 90.3 Å². The first-order valence-electron chi connectivity index (χ1n) is 2.24. The largest absolute Gasteiger partial charge is 1.00 e. The van der Waals surface area contributed by atoms with Crippen LogP contribution in [0.5, 0.6) is 0 Å². The van der Waals surface area contributed by atoms with E-state index in [4.69, 9.17) is 0 Å². The number of aromatic amines is 2. The van der Waals surface area contributed by atoms with E-state index in [0.29, 0.717) is 0 Å². The standard InChI is InChI=1S/C3H4N2O3S2.Na/c6-10(7,8)2-1-4-3(9)5-2;/h1H,(H2,4,5,9)(H,6,7,8);/q;+1/p-1. The van der Waals surface area contributed by atoms with Gasteiger partial charge in [-0.1, -0.05) is 0 Å². The van der Waals surface area contributed by atoms with Gasteiger partial charge < -0.3 is 14.5 Å². The molecular weight excluding hydrogens is 199 g/mol. The van der Waals surface area contributed by atoms with Crippen molar-refractivity contribution in [3.8, 4) is 0 Å². The van der Waals surface area contributed by atoms with Gasteiger partial charge in [0.25, 0.3) is 0 Å². The SMILES string of the molecule is O=S(=O)([O-])c1c[nH]c(=S)[nH]1.[Na+]. The maximum absolute atomic E-state index is 10.2. The Balaban J connectivity index is 0.000001000. The van der Waals surface area contributed by atoms with Crippen LogP contribution in [0.1, 0.15) is 0 Å². The van der Waals surface area contributed by atoms with E-state index in [9.17, 15) is 13.0 Å². The predicted molar refractivity (Wildman–Crippen MR) is 33.9 cm³/mol. The molecule has 0 aromatic carbocycles. The molecule has 0 fully saturated rings. The van der Waals surface area contributed by atoms with Gasteiger partial charge in [-0.15, -0.1) is 0 Å². The van der Waals surface area contributed by atoms with E-state index in [2.05, 4.69) is 22.2 Å². The van der Waals surface area contributed by atoms with Crippen molar-refractivity contribution in [2.45, 2.75) is 5.03 Å². The molecule has 0 unspecified atom stereocenters. The third-order valence-electron chi connectivity index (χ3n) is 0.840. The van der Waals surface area contributed by atoms with Crippen molar-refractivity contribution in [2.75, 3.05) is 0 Å². The number of imidazole rings is 1. The molecule has 0 radical (unpaired) electrons. The van der Waals surface area contributed by atoms with Gasteiger partial charge in [-0.25, -0.2) is 8.42 Å². The Hall–Kier alpha value is 0.340. The predicted octanol–water partition coefficient (Wildman–Crippen LogP) is -3.02. The molecule has 1 aromatic heterocycles. The average molecular weight is 202 g/mol. The molecule has 0 spiro atoms. The number of nitrogens with one attached hydrogen (secondary N) is 2. The molecule has 0 aliphatic carbocycles. The molecule has 11 heavy (non-hydrogen) atoms. The van der Waals surface area contributed by atoms with Gasteiger partial charge in [0.15, 0.2) is 4.77 Å². The Morgan fingerprint density at radius 3 is 2.27 bits per heavy atom. The minimum absolute atomic E-state index is 0. The fourth-order valence-electron chi connectivity index (χ4n) is 0.450. The van der Waals surface area contributed by atoms with Gasteiger partial charge in [0, 0.05) is 6.20 Å². The van der Waals surface area contributed by atoms with Gasteiger partial charge in [0.1, 0.15) is 15.1 Å². The number of rotatable bonds is 1. The molecule has 56 valence electrons. The zero-order valence-electron chi connectivity index (χ0n) is 5.62. The average Bonchev–Trinajstić information content (AvgIpc) is 2.11. The summed E-state index contributed by atoms with van der Waals surface area (Å²) in [6, 6.07) is 0. The fourth-order valence-corrected chi connectivity index (χ4v) is 1.11. The summed E-state index contributed by atoms with van der Waals surface area (Å²) in [5.41, 5.74) is 0. The first kappa shape index (κ1) is 11.3. The van der Waals surface area contributed by atoms with E-state index in [1.807, 2.05) is 0 Å². The van der Waals surface area contributed by atoms with Crippen LogP contribution in [0.4, 0.5) is 0 Å². The number of hydrogen-bond donors (Lipinski definition) is 2. The summed E-state index contributed by atoms with van der Waals surface area (Å²) in [5.74, 6) is 0. The first-order valence-corrected chi connectivity index (χ1v) is 4.05. The summed E-state index contributed by atoms with van der Waals surface area (Å²) in [4.78, 5) is 4.53. The van der Waals surface area contributed by atoms with Crippen LogP contribution in [0.25, 0.3) is 0 Å². The Morgan fingerprint density at radius 2 is 2.09 bits per heavy atom. The number of H-pyrrole nitrogens is 2. The van der Waals surface area contributed by atoms with E-state index >= 15 is 0 Å². The van der Waals surface area contributed by atoms with Crippen molar-refractivity contribution < 1.29 is 42.5 Å². The Morgan fingerprint density at radius 1 is 1.55 bits per heavy atom. The summed E-state index contributed by atoms with van der Waals surface area (Å²) in [6.07, 6.45) is 1.02. The van der Waals surface area contributed by atoms with Crippen LogP contribution in [0, 0.1) is 4.77 Å². The summed E-state index contributed by atoms with van der Waals surface area (Å²) >= 11 is 4.49. The molecule has 2 N–H and O–H groups in total. The van der Waals surface area contributed by atoms with Crippen LogP contribution in [0.2, 0.25) is 0 Å². The molecule has 0 aliphatic rings. The van der Waals surface area contributed by atoms with Crippen molar-refractivity contribution in [2.24, 2.45) is 0 Å². The molecule has 1 heterocycles. The monoisotopic (exact) mass is 202 g/mol. The van der Waals surface area contributed by atoms with Crippen LogP contribution < -0.4 is 29.6 Å². The third kappa shape index (κ3) is 3.06. The zero-order valence-corrected chi connectivity index (χ0v) is 9.25. The summed E-state index contributed by atoms with van der Waals surface area (Å²) in [5, 5.41) is -0.433. The Bertz CT molecular complexity index is 377. The Kier molecular flexibility index (Phi) is 3.95. The third-order valence-corrected chi connectivity index (χ3v) is 1.82. The van der Waals surface area contributed by atoms with E-state index in [0.717, 1.165) is 6.20 Å². The summed E-state index contributed by atoms with van der Waals surface area (Å²) in [6.45, 7) is 0. The summed E-state index contributed by atoms with van der Waals surface area (Å²) in [7, 11) is -4.39. The topological polar surface area (TPSA) is 88.8 Å². The van der Waals surface area contributed by atoms with Crippen LogP contribution in [0.3, 0.4) is 0 Å². The van der Waals surface area contributed by atoms with E-state index in [-0.39, 0.29) is 34.3 Å². The van der Waals surface area contributed by atoms with Gasteiger partial charge >= 0.3 is 29.6 Å². The summed E-state index contributed by atoms with van der Waals surface area (Å²) < 4.78 is 30.7. The van der Waals surface area contributed by atoms with Gasteiger partial charge in [0.2, 0.25) is 0 Å².